The minimum absolute atomic E-state index is 0.0614. The van der Waals surface area contributed by atoms with Crippen LogP contribution in [-0.4, -0.2) is 50.3 Å². The summed E-state index contributed by atoms with van der Waals surface area (Å²) in [6.45, 7) is 1.74. The molecule has 1 unspecified atom stereocenters. The van der Waals surface area contributed by atoms with Gasteiger partial charge in [0.05, 0.1) is 0 Å². The lowest BCUT2D eigenvalue weighted by atomic mass is 10.1. The highest BCUT2D eigenvalue weighted by molar-refractivity contribution is 9.10. The lowest BCUT2D eigenvalue weighted by molar-refractivity contribution is 0.232. The minimum Gasteiger partial charge on any atom is -0.318 e. The molecule has 120 valence electrons. The Hall–Kier alpha value is 0.01000. The average molecular weight is 396 g/mol. The molecule has 0 saturated carbocycles. The summed E-state index contributed by atoms with van der Waals surface area (Å²) in [6.07, 6.45) is 2.97. The van der Waals surface area contributed by atoms with Crippen LogP contribution in [0.5, 0.6) is 0 Å². The van der Waals surface area contributed by atoms with Gasteiger partial charge in [0.15, 0.2) is 0 Å². The number of hydrogen-bond donors (Lipinski definition) is 1. The molecule has 1 atom stereocenters. The van der Waals surface area contributed by atoms with Crippen molar-refractivity contribution in [3.05, 3.63) is 20.8 Å². The predicted molar refractivity (Wildman–Crippen MR) is 90.7 cm³/mol. The zero-order chi connectivity index (χ0) is 15.5. The van der Waals surface area contributed by atoms with E-state index in [0.717, 1.165) is 28.6 Å². The average Bonchev–Trinajstić information content (AvgIpc) is 2.85. The smallest absolute Gasteiger partial charge is 0.282 e. The zero-order valence-electron chi connectivity index (χ0n) is 12.4. The molecule has 0 bridgehead atoms. The minimum atomic E-state index is -3.40. The van der Waals surface area contributed by atoms with Gasteiger partial charge in [-0.1, -0.05) is 6.42 Å². The van der Waals surface area contributed by atoms with Gasteiger partial charge in [-0.25, -0.2) is 0 Å². The van der Waals surface area contributed by atoms with E-state index in [-0.39, 0.29) is 6.04 Å². The molecule has 2 heterocycles. The van der Waals surface area contributed by atoms with Crippen molar-refractivity contribution in [2.24, 2.45) is 0 Å². The van der Waals surface area contributed by atoms with E-state index in [0.29, 0.717) is 19.6 Å². The van der Waals surface area contributed by atoms with Crippen molar-refractivity contribution in [3.8, 4) is 0 Å². The molecule has 0 amide bonds. The van der Waals surface area contributed by atoms with Crippen LogP contribution in [0.4, 0.5) is 0 Å². The van der Waals surface area contributed by atoms with E-state index in [4.69, 9.17) is 0 Å². The first-order chi connectivity index (χ1) is 9.95. The summed E-state index contributed by atoms with van der Waals surface area (Å²) in [4.78, 5) is 1.04. The van der Waals surface area contributed by atoms with Crippen LogP contribution in [0, 0.1) is 0 Å². The summed E-state index contributed by atoms with van der Waals surface area (Å²) >= 11 is 4.97. The van der Waals surface area contributed by atoms with E-state index in [1.165, 1.54) is 4.31 Å². The monoisotopic (exact) mass is 395 g/mol. The van der Waals surface area contributed by atoms with E-state index in [2.05, 4.69) is 21.2 Å². The Bertz CT molecular complexity index is 560. The molecule has 1 aliphatic rings. The van der Waals surface area contributed by atoms with E-state index in [9.17, 15) is 8.42 Å². The maximum Gasteiger partial charge on any atom is 0.282 e. The molecule has 2 rings (SSSR count). The molecule has 1 aromatic heterocycles. The lowest BCUT2D eigenvalue weighted by Crippen LogP contribution is -2.52. The van der Waals surface area contributed by atoms with Crippen LogP contribution in [0.15, 0.2) is 15.9 Å². The fourth-order valence-electron chi connectivity index (χ4n) is 2.63. The van der Waals surface area contributed by atoms with Gasteiger partial charge in [-0.05, 0) is 41.9 Å². The molecule has 1 aliphatic heterocycles. The molecule has 1 fully saturated rings. The summed E-state index contributed by atoms with van der Waals surface area (Å²) < 4.78 is 29.7. The number of nitrogens with one attached hydrogen (secondary N) is 1. The van der Waals surface area contributed by atoms with Gasteiger partial charge in [0.2, 0.25) is 0 Å². The Morgan fingerprint density at radius 3 is 2.90 bits per heavy atom. The first-order valence-corrected chi connectivity index (χ1v) is 10.1. The van der Waals surface area contributed by atoms with Crippen molar-refractivity contribution >= 4 is 37.5 Å². The van der Waals surface area contributed by atoms with E-state index < -0.39 is 10.2 Å². The van der Waals surface area contributed by atoms with Crippen LogP contribution in [0.2, 0.25) is 0 Å². The van der Waals surface area contributed by atoms with Gasteiger partial charge in [0.1, 0.15) is 0 Å². The number of piperidine rings is 1. The predicted octanol–water partition coefficient (Wildman–Crippen LogP) is 2.26. The Morgan fingerprint density at radius 1 is 1.52 bits per heavy atom. The molecule has 0 aliphatic carbocycles. The quantitative estimate of drug-likeness (QED) is 0.803. The summed E-state index contributed by atoms with van der Waals surface area (Å²) in [6, 6.07) is 2.03. The summed E-state index contributed by atoms with van der Waals surface area (Å²) in [5.41, 5.74) is 0. The number of halogens is 1. The fourth-order valence-corrected chi connectivity index (χ4v) is 5.80. The first kappa shape index (κ1) is 17.4. The Labute approximate surface area is 139 Å². The topological polar surface area (TPSA) is 52.7 Å². The summed E-state index contributed by atoms with van der Waals surface area (Å²) in [5.74, 6) is 0. The summed E-state index contributed by atoms with van der Waals surface area (Å²) in [5, 5.41) is 5.08. The zero-order valence-corrected chi connectivity index (χ0v) is 15.6. The number of likely N-dealkylation sites (N-methyl/N-ethyl adjacent to an activating group) is 1. The van der Waals surface area contributed by atoms with Crippen LogP contribution in [0.1, 0.15) is 24.1 Å². The Balaban J connectivity index is 2.11. The van der Waals surface area contributed by atoms with Crippen molar-refractivity contribution < 1.29 is 8.42 Å². The molecule has 0 spiro atoms. The highest BCUT2D eigenvalue weighted by Crippen LogP contribution is 2.25. The van der Waals surface area contributed by atoms with Crippen molar-refractivity contribution in [2.45, 2.75) is 31.8 Å². The molecule has 1 saturated heterocycles. The third-order valence-corrected chi connectivity index (χ3v) is 7.38. The van der Waals surface area contributed by atoms with E-state index in [1.54, 1.807) is 22.7 Å². The van der Waals surface area contributed by atoms with E-state index >= 15 is 0 Å². The molecular formula is C13H22BrN3O2S2. The second-order valence-corrected chi connectivity index (χ2v) is 9.21. The molecular weight excluding hydrogens is 374 g/mol. The largest absolute Gasteiger partial charge is 0.318 e. The SMILES string of the molecule is CNCC1CCCCN1S(=O)(=O)N(C)Cc1cc(Br)cs1. The van der Waals surface area contributed by atoms with Gasteiger partial charge in [0.25, 0.3) is 10.2 Å². The summed E-state index contributed by atoms with van der Waals surface area (Å²) in [7, 11) is 0.124. The van der Waals surface area contributed by atoms with Crippen LogP contribution >= 0.6 is 27.3 Å². The van der Waals surface area contributed by atoms with Gasteiger partial charge in [-0.3, -0.25) is 0 Å². The second kappa shape index (κ2) is 7.52. The Kier molecular flexibility index (Phi) is 6.22. The van der Waals surface area contributed by atoms with Crippen LogP contribution in [-0.2, 0) is 16.8 Å². The fraction of sp³-hybridized carbons (Fsp3) is 0.692. The second-order valence-electron chi connectivity index (χ2n) is 5.31. The molecule has 1 N–H and O–H groups in total. The molecule has 8 heteroatoms. The van der Waals surface area contributed by atoms with Crippen LogP contribution in [0.25, 0.3) is 0 Å². The third-order valence-electron chi connectivity index (χ3n) is 3.70. The number of thiophene rings is 1. The lowest BCUT2D eigenvalue weighted by Gasteiger charge is -2.36. The van der Waals surface area contributed by atoms with Gasteiger partial charge >= 0.3 is 0 Å². The molecule has 5 nitrogen and oxygen atoms in total. The number of hydrogen-bond acceptors (Lipinski definition) is 4. The van der Waals surface area contributed by atoms with Crippen LogP contribution < -0.4 is 5.32 Å². The van der Waals surface area contributed by atoms with Crippen molar-refractivity contribution in [1.82, 2.24) is 13.9 Å². The molecule has 0 radical (unpaired) electrons. The van der Waals surface area contributed by atoms with Crippen molar-refractivity contribution in [2.75, 3.05) is 27.2 Å². The maximum absolute atomic E-state index is 12.8. The standard InChI is InChI=1S/C13H22BrN3O2S2/c1-15-8-12-5-3-4-6-17(12)21(18,19)16(2)9-13-7-11(14)10-20-13/h7,10,12,15H,3-6,8-9H2,1-2H3. The highest BCUT2D eigenvalue weighted by Gasteiger charge is 2.34. The van der Waals surface area contributed by atoms with Gasteiger partial charge < -0.3 is 5.32 Å². The Morgan fingerprint density at radius 2 is 2.29 bits per heavy atom. The van der Waals surface area contributed by atoms with Gasteiger partial charge in [-0.2, -0.15) is 17.0 Å². The van der Waals surface area contributed by atoms with Crippen LogP contribution in [0.3, 0.4) is 0 Å². The first-order valence-electron chi connectivity index (χ1n) is 7.05. The third kappa shape index (κ3) is 4.27. The number of rotatable bonds is 6. The van der Waals surface area contributed by atoms with Gasteiger partial charge in [0, 0.05) is 47.5 Å². The number of nitrogens with zero attached hydrogens (tertiary/aromatic N) is 2. The van der Waals surface area contributed by atoms with Crippen molar-refractivity contribution in [3.63, 3.8) is 0 Å². The van der Waals surface area contributed by atoms with E-state index in [1.807, 2.05) is 18.5 Å². The van der Waals surface area contributed by atoms with Gasteiger partial charge in [-0.15, -0.1) is 11.3 Å². The normalized spacial score (nSPS) is 21.0. The maximum atomic E-state index is 12.8. The highest BCUT2D eigenvalue weighted by atomic mass is 79.9. The molecule has 1 aromatic rings. The molecule has 0 aromatic carbocycles. The van der Waals surface area contributed by atoms with Crippen molar-refractivity contribution in [1.29, 1.82) is 0 Å². The molecule has 21 heavy (non-hydrogen) atoms.